The molecule has 28 heavy (non-hydrogen) atoms. The second-order valence-electron chi connectivity index (χ2n) is 6.28. The van der Waals surface area contributed by atoms with Gasteiger partial charge in [-0.2, -0.15) is 0 Å². The van der Waals surface area contributed by atoms with Crippen LogP contribution >= 0.6 is 11.3 Å². The summed E-state index contributed by atoms with van der Waals surface area (Å²) >= 11 is 1.78. The quantitative estimate of drug-likeness (QED) is 0.470. The van der Waals surface area contributed by atoms with E-state index in [1.165, 1.54) is 11.1 Å². The van der Waals surface area contributed by atoms with Gasteiger partial charge < -0.3 is 20.0 Å². The van der Waals surface area contributed by atoms with Gasteiger partial charge in [0.05, 0.1) is 6.26 Å². The lowest BCUT2D eigenvalue weighted by molar-refractivity contribution is 0.0996. The molecule has 0 saturated carbocycles. The second-order valence-corrected chi connectivity index (χ2v) is 7.31. The van der Waals surface area contributed by atoms with Crippen molar-refractivity contribution >= 4 is 28.9 Å². The van der Waals surface area contributed by atoms with Crippen LogP contribution in [0.1, 0.15) is 21.0 Å². The summed E-state index contributed by atoms with van der Waals surface area (Å²) in [5.41, 5.74) is 1.83. The molecular formula is C21H24N4O2S. The Bertz CT molecular complexity index is 887. The van der Waals surface area contributed by atoms with Crippen LogP contribution in [0.15, 0.2) is 69.6 Å². The van der Waals surface area contributed by atoms with Crippen molar-refractivity contribution in [2.45, 2.75) is 13.0 Å². The summed E-state index contributed by atoms with van der Waals surface area (Å²) in [5.74, 6) is 0.885. The summed E-state index contributed by atoms with van der Waals surface area (Å²) in [6.07, 6.45) is 2.48. The molecule has 6 nitrogen and oxygen atoms in total. The number of furan rings is 1. The molecule has 0 atom stereocenters. The molecule has 3 rings (SSSR count). The average molecular weight is 397 g/mol. The maximum atomic E-state index is 12.0. The van der Waals surface area contributed by atoms with Gasteiger partial charge in [0.15, 0.2) is 11.7 Å². The zero-order valence-electron chi connectivity index (χ0n) is 16.0. The number of benzene rings is 1. The van der Waals surface area contributed by atoms with Gasteiger partial charge in [-0.1, -0.05) is 18.2 Å². The molecule has 3 aromatic rings. The molecule has 0 aliphatic heterocycles. The fourth-order valence-corrected chi connectivity index (χ4v) is 3.41. The largest absolute Gasteiger partial charge is 0.459 e. The number of likely N-dealkylation sites (N-methyl/N-ethyl adjacent to an activating group) is 1. The first-order valence-electron chi connectivity index (χ1n) is 9.03. The van der Waals surface area contributed by atoms with Crippen molar-refractivity contribution in [1.29, 1.82) is 0 Å². The minimum Gasteiger partial charge on any atom is -0.459 e. The number of aliphatic imine (C=N–C) groups is 1. The summed E-state index contributed by atoms with van der Waals surface area (Å²) in [7, 11) is 3.83. The van der Waals surface area contributed by atoms with E-state index < -0.39 is 0 Å². The van der Waals surface area contributed by atoms with Gasteiger partial charge in [0.2, 0.25) is 0 Å². The summed E-state index contributed by atoms with van der Waals surface area (Å²) in [5, 5.41) is 8.29. The Balaban J connectivity index is 1.48. The Morgan fingerprint density at radius 2 is 2.00 bits per heavy atom. The Morgan fingerprint density at radius 3 is 2.64 bits per heavy atom. The van der Waals surface area contributed by atoms with Crippen LogP contribution in [0.5, 0.6) is 0 Å². The average Bonchev–Trinajstić information content (AvgIpc) is 3.42. The van der Waals surface area contributed by atoms with Gasteiger partial charge >= 0.3 is 0 Å². The Kier molecular flexibility index (Phi) is 6.86. The molecular weight excluding hydrogens is 372 g/mol. The molecule has 0 aliphatic carbocycles. The van der Waals surface area contributed by atoms with Gasteiger partial charge in [-0.05, 0) is 47.7 Å². The van der Waals surface area contributed by atoms with E-state index in [0.29, 0.717) is 12.3 Å². The Labute approximate surface area is 168 Å². The maximum absolute atomic E-state index is 12.0. The lowest BCUT2D eigenvalue weighted by Crippen LogP contribution is -2.39. The van der Waals surface area contributed by atoms with Crippen molar-refractivity contribution in [3.8, 4) is 0 Å². The van der Waals surface area contributed by atoms with Crippen LogP contribution in [0.4, 0.5) is 5.69 Å². The lowest BCUT2D eigenvalue weighted by Gasteiger charge is -2.22. The zero-order chi connectivity index (χ0) is 19.8. The molecule has 0 bridgehead atoms. The lowest BCUT2D eigenvalue weighted by atomic mass is 10.2. The normalized spacial score (nSPS) is 11.3. The third kappa shape index (κ3) is 5.47. The number of rotatable bonds is 7. The molecule has 7 heteroatoms. The van der Waals surface area contributed by atoms with Crippen LogP contribution in [0.2, 0.25) is 0 Å². The smallest absolute Gasteiger partial charge is 0.291 e. The highest BCUT2D eigenvalue weighted by Crippen LogP contribution is 2.12. The van der Waals surface area contributed by atoms with Crippen LogP contribution in [0, 0.1) is 0 Å². The number of carbonyl (C=O) groups excluding carboxylic acids is 1. The zero-order valence-corrected chi connectivity index (χ0v) is 16.8. The van der Waals surface area contributed by atoms with E-state index >= 15 is 0 Å². The van der Waals surface area contributed by atoms with Crippen LogP contribution in [0.3, 0.4) is 0 Å². The van der Waals surface area contributed by atoms with Gasteiger partial charge in [0, 0.05) is 37.7 Å². The molecule has 2 aromatic heterocycles. The number of anilines is 1. The number of hydrogen-bond donors (Lipinski definition) is 2. The molecule has 1 aromatic carbocycles. The highest BCUT2D eigenvalue weighted by atomic mass is 32.1. The molecule has 0 aliphatic rings. The van der Waals surface area contributed by atoms with Crippen molar-refractivity contribution in [3.05, 3.63) is 76.4 Å². The fourth-order valence-electron chi connectivity index (χ4n) is 2.71. The number of amides is 1. The number of nitrogens with one attached hydrogen (secondary N) is 2. The van der Waals surface area contributed by atoms with Gasteiger partial charge in [-0.25, -0.2) is 0 Å². The number of nitrogens with zero attached hydrogens (tertiary/aromatic N) is 2. The molecule has 2 heterocycles. The summed E-state index contributed by atoms with van der Waals surface area (Å²) in [6.45, 7) is 1.56. The monoisotopic (exact) mass is 396 g/mol. The van der Waals surface area contributed by atoms with Crippen LogP contribution < -0.4 is 10.6 Å². The summed E-state index contributed by atoms with van der Waals surface area (Å²) < 4.78 is 5.10. The first-order chi connectivity index (χ1) is 13.7. The SMILES string of the molecule is CN=C(NCc1ccc(NC(=O)c2ccco2)cc1)N(C)CCc1cccs1. The van der Waals surface area contributed by atoms with Crippen LogP contribution in [-0.2, 0) is 13.0 Å². The van der Waals surface area contributed by atoms with E-state index in [2.05, 4.69) is 38.0 Å². The summed E-state index contributed by atoms with van der Waals surface area (Å²) in [6, 6.07) is 15.3. The van der Waals surface area contributed by atoms with Gasteiger partial charge in [0.1, 0.15) is 0 Å². The van der Waals surface area contributed by atoms with Gasteiger partial charge in [-0.3, -0.25) is 9.79 Å². The van der Waals surface area contributed by atoms with E-state index in [1.54, 1.807) is 30.5 Å². The highest BCUT2D eigenvalue weighted by Gasteiger charge is 2.09. The van der Waals surface area contributed by atoms with Crippen molar-refractivity contribution in [1.82, 2.24) is 10.2 Å². The van der Waals surface area contributed by atoms with Crippen molar-refractivity contribution < 1.29 is 9.21 Å². The Hall–Kier alpha value is -3.06. The van der Waals surface area contributed by atoms with Crippen LogP contribution in [-0.4, -0.2) is 37.4 Å². The fraction of sp³-hybridized carbons (Fsp3) is 0.238. The third-order valence-electron chi connectivity index (χ3n) is 4.25. The third-order valence-corrected chi connectivity index (χ3v) is 5.19. The minimum atomic E-state index is -0.261. The molecule has 0 spiro atoms. The van der Waals surface area contributed by atoms with Crippen molar-refractivity contribution in [3.63, 3.8) is 0 Å². The van der Waals surface area contributed by atoms with Crippen molar-refractivity contribution in [2.75, 3.05) is 26.0 Å². The molecule has 0 fully saturated rings. The van der Waals surface area contributed by atoms with E-state index in [0.717, 1.165) is 30.2 Å². The standard InChI is InChI=1S/C21H24N4O2S/c1-22-21(25(2)12-11-18-5-4-14-28-18)23-15-16-7-9-17(10-8-16)24-20(26)19-6-3-13-27-19/h3-10,13-14H,11-12,15H2,1-2H3,(H,22,23)(H,24,26). The van der Waals surface area contributed by atoms with E-state index in [9.17, 15) is 4.79 Å². The molecule has 146 valence electrons. The van der Waals surface area contributed by atoms with Gasteiger partial charge in [-0.15, -0.1) is 11.3 Å². The topological polar surface area (TPSA) is 69.9 Å². The number of thiophene rings is 1. The summed E-state index contributed by atoms with van der Waals surface area (Å²) in [4.78, 5) is 19.8. The maximum Gasteiger partial charge on any atom is 0.291 e. The second kappa shape index (κ2) is 9.75. The molecule has 1 amide bonds. The highest BCUT2D eigenvalue weighted by molar-refractivity contribution is 7.09. The van der Waals surface area contributed by atoms with E-state index in [4.69, 9.17) is 4.42 Å². The predicted molar refractivity (Wildman–Crippen MR) is 114 cm³/mol. The van der Waals surface area contributed by atoms with E-state index in [-0.39, 0.29) is 5.91 Å². The molecule has 2 N–H and O–H groups in total. The minimum absolute atomic E-state index is 0.261. The number of carbonyl (C=O) groups is 1. The first-order valence-corrected chi connectivity index (χ1v) is 9.91. The van der Waals surface area contributed by atoms with Crippen molar-refractivity contribution in [2.24, 2.45) is 4.99 Å². The number of guanidine groups is 1. The van der Waals surface area contributed by atoms with Gasteiger partial charge in [0.25, 0.3) is 5.91 Å². The first kappa shape index (κ1) is 19.7. The predicted octanol–water partition coefficient (Wildman–Crippen LogP) is 3.84. The van der Waals surface area contributed by atoms with Crippen LogP contribution in [0.25, 0.3) is 0 Å². The molecule has 0 unspecified atom stereocenters. The van der Waals surface area contributed by atoms with E-state index in [1.807, 2.05) is 31.3 Å². The Morgan fingerprint density at radius 1 is 1.18 bits per heavy atom. The molecule has 0 saturated heterocycles. The molecule has 0 radical (unpaired) electrons. The number of hydrogen-bond acceptors (Lipinski definition) is 4.